The number of nitrogens with zero attached hydrogens (tertiary/aromatic N) is 1. The Kier molecular flexibility index (Phi) is 5.13. The Morgan fingerprint density at radius 1 is 1.15 bits per heavy atom. The van der Waals surface area contributed by atoms with Gasteiger partial charge in [-0.15, -0.1) is 0 Å². The van der Waals surface area contributed by atoms with Crippen LogP contribution in [-0.4, -0.2) is 31.9 Å². The van der Waals surface area contributed by atoms with E-state index in [1.807, 2.05) is 0 Å². The van der Waals surface area contributed by atoms with Gasteiger partial charge in [0.25, 0.3) is 10.0 Å². The van der Waals surface area contributed by atoms with Crippen molar-refractivity contribution < 1.29 is 27.5 Å². The summed E-state index contributed by atoms with van der Waals surface area (Å²) in [6.45, 7) is 0.359. The van der Waals surface area contributed by atoms with Gasteiger partial charge in [-0.2, -0.15) is 0 Å². The lowest BCUT2D eigenvalue weighted by atomic mass is 10.2. The molecule has 142 valence electrons. The minimum atomic E-state index is -3.99. The van der Waals surface area contributed by atoms with Crippen LogP contribution in [0.25, 0.3) is 0 Å². The predicted octanol–water partition coefficient (Wildman–Crippen LogP) is 2.38. The van der Waals surface area contributed by atoms with Crippen LogP contribution in [0.4, 0.5) is 15.8 Å². The van der Waals surface area contributed by atoms with Crippen LogP contribution in [0.5, 0.6) is 0 Å². The van der Waals surface area contributed by atoms with Gasteiger partial charge in [-0.3, -0.25) is 14.3 Å². The van der Waals surface area contributed by atoms with E-state index in [9.17, 15) is 22.4 Å². The SMILES string of the molecule is O=C(O)CCC(=O)N1CCc2cc(S(=O)(=O)Nc3ccccc3F)ccc21. The van der Waals surface area contributed by atoms with Crippen molar-refractivity contribution in [2.45, 2.75) is 24.2 Å². The number of carboxylic acids is 1. The maximum atomic E-state index is 13.7. The lowest BCUT2D eigenvalue weighted by Gasteiger charge is -2.17. The van der Waals surface area contributed by atoms with Gasteiger partial charge in [0, 0.05) is 18.7 Å². The Morgan fingerprint density at radius 2 is 1.89 bits per heavy atom. The van der Waals surface area contributed by atoms with Crippen LogP contribution in [0.2, 0.25) is 0 Å². The van der Waals surface area contributed by atoms with Gasteiger partial charge < -0.3 is 10.0 Å². The smallest absolute Gasteiger partial charge is 0.303 e. The van der Waals surface area contributed by atoms with E-state index in [4.69, 9.17) is 5.11 Å². The highest BCUT2D eigenvalue weighted by molar-refractivity contribution is 7.92. The number of halogens is 1. The fraction of sp³-hybridized carbons (Fsp3) is 0.222. The zero-order valence-electron chi connectivity index (χ0n) is 14.2. The zero-order chi connectivity index (χ0) is 19.6. The number of rotatable bonds is 6. The number of para-hydroxylation sites is 1. The van der Waals surface area contributed by atoms with E-state index in [0.717, 1.165) is 6.07 Å². The highest BCUT2D eigenvalue weighted by Crippen LogP contribution is 2.31. The van der Waals surface area contributed by atoms with Gasteiger partial charge in [0.15, 0.2) is 0 Å². The summed E-state index contributed by atoms with van der Waals surface area (Å²) in [5.74, 6) is -2.06. The number of anilines is 2. The third-order valence-electron chi connectivity index (χ3n) is 4.23. The zero-order valence-corrected chi connectivity index (χ0v) is 15.0. The Balaban J connectivity index is 1.81. The number of aliphatic carboxylic acids is 1. The average Bonchev–Trinajstić information content (AvgIpc) is 3.05. The van der Waals surface area contributed by atoms with E-state index in [1.54, 1.807) is 0 Å². The molecule has 2 aromatic rings. The molecule has 0 bridgehead atoms. The molecule has 3 rings (SSSR count). The van der Waals surface area contributed by atoms with Crippen molar-refractivity contribution >= 4 is 33.3 Å². The van der Waals surface area contributed by atoms with Gasteiger partial charge in [-0.05, 0) is 42.3 Å². The lowest BCUT2D eigenvalue weighted by Crippen LogP contribution is -2.29. The minimum Gasteiger partial charge on any atom is -0.481 e. The van der Waals surface area contributed by atoms with Crippen LogP contribution >= 0.6 is 0 Å². The van der Waals surface area contributed by atoms with Gasteiger partial charge >= 0.3 is 5.97 Å². The van der Waals surface area contributed by atoms with Crippen LogP contribution in [-0.2, 0) is 26.0 Å². The van der Waals surface area contributed by atoms with E-state index in [1.165, 1.54) is 41.3 Å². The summed E-state index contributed by atoms with van der Waals surface area (Å²) in [6, 6.07) is 9.75. The molecule has 0 saturated carbocycles. The number of amides is 1. The number of hydrogen-bond donors (Lipinski definition) is 2. The van der Waals surface area contributed by atoms with Crippen molar-refractivity contribution in [3.8, 4) is 0 Å². The first kappa shape index (κ1) is 18.8. The minimum absolute atomic E-state index is 0.0376. The maximum Gasteiger partial charge on any atom is 0.303 e. The first-order valence-corrected chi connectivity index (χ1v) is 9.69. The van der Waals surface area contributed by atoms with Crippen molar-refractivity contribution in [3.05, 3.63) is 53.8 Å². The molecule has 7 nitrogen and oxygen atoms in total. The van der Waals surface area contributed by atoms with Gasteiger partial charge in [0.1, 0.15) is 5.82 Å². The van der Waals surface area contributed by atoms with Crippen molar-refractivity contribution in [2.75, 3.05) is 16.2 Å². The summed E-state index contributed by atoms with van der Waals surface area (Å²) in [7, 11) is -3.99. The normalized spacial score (nSPS) is 13.3. The molecule has 0 fully saturated rings. The first-order valence-electron chi connectivity index (χ1n) is 8.20. The van der Waals surface area contributed by atoms with Crippen LogP contribution < -0.4 is 9.62 Å². The Labute approximate surface area is 155 Å². The number of sulfonamides is 1. The molecule has 1 aliphatic heterocycles. The van der Waals surface area contributed by atoms with E-state index in [0.29, 0.717) is 24.2 Å². The molecule has 1 heterocycles. The van der Waals surface area contributed by atoms with Gasteiger partial charge in [-0.25, -0.2) is 12.8 Å². The van der Waals surface area contributed by atoms with Gasteiger partial charge in [-0.1, -0.05) is 12.1 Å². The number of carboxylic acid groups (broad SMARTS) is 1. The van der Waals surface area contributed by atoms with Crippen LogP contribution in [0, 0.1) is 5.82 Å². The van der Waals surface area contributed by atoms with Crippen molar-refractivity contribution in [2.24, 2.45) is 0 Å². The van der Waals surface area contributed by atoms with Crippen LogP contribution in [0.1, 0.15) is 18.4 Å². The molecule has 0 radical (unpaired) electrons. The fourth-order valence-electron chi connectivity index (χ4n) is 2.90. The van der Waals surface area contributed by atoms with Crippen LogP contribution in [0.15, 0.2) is 47.4 Å². The topological polar surface area (TPSA) is 104 Å². The molecule has 9 heteroatoms. The fourth-order valence-corrected chi connectivity index (χ4v) is 4.02. The van der Waals surface area contributed by atoms with Crippen molar-refractivity contribution in [3.63, 3.8) is 0 Å². The Hall–Kier alpha value is -2.94. The molecule has 27 heavy (non-hydrogen) atoms. The molecule has 0 atom stereocenters. The molecule has 0 unspecified atom stereocenters. The van der Waals surface area contributed by atoms with Crippen molar-refractivity contribution in [1.29, 1.82) is 0 Å². The van der Waals surface area contributed by atoms with Crippen LogP contribution in [0.3, 0.4) is 0 Å². The second-order valence-corrected chi connectivity index (χ2v) is 7.75. The molecular weight excluding hydrogens is 375 g/mol. The molecule has 1 amide bonds. The Bertz CT molecular complexity index is 1010. The second kappa shape index (κ2) is 7.36. The van der Waals surface area contributed by atoms with Gasteiger partial charge in [0.2, 0.25) is 5.91 Å². The predicted molar refractivity (Wildman–Crippen MR) is 96.6 cm³/mol. The second-order valence-electron chi connectivity index (χ2n) is 6.06. The molecule has 0 aliphatic carbocycles. The first-order chi connectivity index (χ1) is 12.8. The third kappa shape index (κ3) is 4.08. The summed E-state index contributed by atoms with van der Waals surface area (Å²) in [5.41, 5.74) is 1.08. The summed E-state index contributed by atoms with van der Waals surface area (Å²) in [4.78, 5) is 24.2. The number of carbonyl (C=O) groups is 2. The highest BCUT2D eigenvalue weighted by Gasteiger charge is 2.27. The number of fused-ring (bicyclic) bond motifs is 1. The number of nitrogens with one attached hydrogen (secondary N) is 1. The Morgan fingerprint density at radius 3 is 2.59 bits per heavy atom. The van der Waals surface area contributed by atoms with Gasteiger partial charge in [0.05, 0.1) is 17.0 Å². The molecule has 0 spiro atoms. The lowest BCUT2D eigenvalue weighted by molar-refractivity contribution is -0.138. The molecule has 2 aromatic carbocycles. The monoisotopic (exact) mass is 392 g/mol. The van der Waals surface area contributed by atoms with E-state index >= 15 is 0 Å². The maximum absolute atomic E-state index is 13.7. The molecule has 0 aromatic heterocycles. The van der Waals surface area contributed by atoms with Crippen molar-refractivity contribution in [1.82, 2.24) is 0 Å². The average molecular weight is 392 g/mol. The summed E-state index contributed by atoms with van der Waals surface area (Å²) in [6.07, 6.45) is 0.0740. The summed E-state index contributed by atoms with van der Waals surface area (Å²) < 4.78 is 41.0. The third-order valence-corrected chi connectivity index (χ3v) is 5.59. The quantitative estimate of drug-likeness (QED) is 0.786. The summed E-state index contributed by atoms with van der Waals surface area (Å²) in [5, 5.41) is 8.70. The molecule has 1 aliphatic rings. The number of carbonyl (C=O) groups excluding carboxylic acids is 1. The van der Waals surface area contributed by atoms with E-state index in [-0.39, 0.29) is 29.3 Å². The number of benzene rings is 2. The number of hydrogen-bond acceptors (Lipinski definition) is 4. The summed E-state index contributed by atoms with van der Waals surface area (Å²) >= 11 is 0. The molecule has 0 saturated heterocycles. The molecule has 2 N–H and O–H groups in total. The standard InChI is InChI=1S/C18H17FN2O5S/c19-14-3-1-2-4-15(14)20-27(25,26)13-5-6-16-12(11-13)9-10-21(16)17(22)7-8-18(23)24/h1-6,11,20H,7-10H2,(H,23,24). The highest BCUT2D eigenvalue weighted by atomic mass is 32.2. The largest absolute Gasteiger partial charge is 0.481 e. The molecular formula is C18H17FN2O5S. The van der Waals surface area contributed by atoms with E-state index < -0.39 is 21.8 Å². The van der Waals surface area contributed by atoms with E-state index in [2.05, 4.69) is 4.72 Å².